The van der Waals surface area contributed by atoms with E-state index in [0.29, 0.717) is 12.0 Å². The first-order valence-corrected chi connectivity index (χ1v) is 6.42. The maximum absolute atomic E-state index is 12.0. The number of carbonyl (C=O) groups excluding carboxylic acids is 1. The largest absolute Gasteiger partial charge is 0.444 e. The van der Waals surface area contributed by atoms with Gasteiger partial charge in [-0.25, -0.2) is 4.79 Å². The van der Waals surface area contributed by atoms with Crippen LogP contribution in [0.1, 0.15) is 24.8 Å². The van der Waals surface area contributed by atoms with Crippen molar-refractivity contribution in [3.05, 3.63) is 29.8 Å². The van der Waals surface area contributed by atoms with Crippen LogP contribution in [0.2, 0.25) is 0 Å². The van der Waals surface area contributed by atoms with Gasteiger partial charge >= 0.3 is 6.09 Å². The zero-order valence-electron chi connectivity index (χ0n) is 9.63. The summed E-state index contributed by atoms with van der Waals surface area (Å²) < 4.78 is 5.52. The highest BCUT2D eigenvalue weighted by molar-refractivity contribution is 5.92. The maximum atomic E-state index is 12.0. The van der Waals surface area contributed by atoms with Crippen LogP contribution in [-0.2, 0) is 11.2 Å². The SMILES string of the molecule is O=C1O[C@@H]2CCC[C@@H]3Cc4ccccc4N1[C@@H]32. The fourth-order valence-corrected chi connectivity index (χ4v) is 3.72. The Labute approximate surface area is 100 Å². The van der Waals surface area contributed by atoms with E-state index < -0.39 is 0 Å². The van der Waals surface area contributed by atoms with E-state index in [0.717, 1.165) is 18.5 Å². The van der Waals surface area contributed by atoms with Gasteiger partial charge in [-0.3, -0.25) is 4.90 Å². The van der Waals surface area contributed by atoms with Gasteiger partial charge in [0, 0.05) is 0 Å². The lowest BCUT2D eigenvalue weighted by molar-refractivity contribution is 0.0952. The zero-order chi connectivity index (χ0) is 11.4. The van der Waals surface area contributed by atoms with Gasteiger partial charge in [0.2, 0.25) is 0 Å². The number of hydrogen-bond donors (Lipinski definition) is 0. The molecule has 1 aromatic carbocycles. The molecule has 2 fully saturated rings. The summed E-state index contributed by atoms with van der Waals surface area (Å²) in [4.78, 5) is 13.9. The molecule has 2 heterocycles. The second kappa shape index (κ2) is 3.25. The van der Waals surface area contributed by atoms with Crippen molar-refractivity contribution in [2.75, 3.05) is 4.90 Å². The predicted molar refractivity (Wildman–Crippen MR) is 64.0 cm³/mol. The average Bonchev–Trinajstić information content (AvgIpc) is 2.69. The minimum absolute atomic E-state index is 0.134. The van der Waals surface area contributed by atoms with Crippen LogP contribution in [0.25, 0.3) is 0 Å². The van der Waals surface area contributed by atoms with Crippen LogP contribution >= 0.6 is 0 Å². The molecule has 0 N–H and O–H groups in total. The molecular formula is C14H15NO2. The molecule has 2 aliphatic heterocycles. The molecule has 3 heteroatoms. The van der Waals surface area contributed by atoms with Gasteiger partial charge < -0.3 is 4.74 Å². The summed E-state index contributed by atoms with van der Waals surface area (Å²) in [5.74, 6) is 0.593. The fourth-order valence-electron chi connectivity index (χ4n) is 3.72. The molecule has 0 spiro atoms. The van der Waals surface area contributed by atoms with Crippen molar-refractivity contribution in [1.29, 1.82) is 0 Å². The van der Waals surface area contributed by atoms with Gasteiger partial charge in [0.1, 0.15) is 6.10 Å². The van der Waals surface area contributed by atoms with Crippen LogP contribution < -0.4 is 4.90 Å². The maximum Gasteiger partial charge on any atom is 0.415 e. The van der Waals surface area contributed by atoms with E-state index in [4.69, 9.17) is 4.74 Å². The van der Waals surface area contributed by atoms with E-state index in [9.17, 15) is 4.79 Å². The molecule has 0 unspecified atom stereocenters. The first-order valence-electron chi connectivity index (χ1n) is 6.42. The highest BCUT2D eigenvalue weighted by atomic mass is 16.6. The molecule has 1 saturated carbocycles. The Balaban J connectivity index is 1.87. The minimum Gasteiger partial charge on any atom is -0.444 e. The number of nitrogens with zero attached hydrogens (tertiary/aromatic N) is 1. The topological polar surface area (TPSA) is 29.5 Å². The lowest BCUT2D eigenvalue weighted by atomic mass is 9.76. The lowest BCUT2D eigenvalue weighted by Gasteiger charge is -2.40. The molecule has 3 aliphatic rings. The number of para-hydroxylation sites is 1. The van der Waals surface area contributed by atoms with E-state index in [1.807, 2.05) is 17.0 Å². The monoisotopic (exact) mass is 229 g/mol. The van der Waals surface area contributed by atoms with E-state index in [1.165, 1.54) is 18.4 Å². The van der Waals surface area contributed by atoms with Gasteiger partial charge in [-0.05, 0) is 43.2 Å². The van der Waals surface area contributed by atoms with Crippen molar-refractivity contribution in [3.63, 3.8) is 0 Å². The Bertz CT molecular complexity index is 485. The molecule has 0 radical (unpaired) electrons. The quantitative estimate of drug-likeness (QED) is 0.684. The summed E-state index contributed by atoms with van der Waals surface area (Å²) in [7, 11) is 0. The Morgan fingerprint density at radius 1 is 1.24 bits per heavy atom. The Kier molecular flexibility index (Phi) is 1.82. The van der Waals surface area contributed by atoms with Crippen molar-refractivity contribution < 1.29 is 9.53 Å². The predicted octanol–water partition coefficient (Wildman–Crippen LogP) is 2.74. The summed E-state index contributed by atoms with van der Waals surface area (Å²) >= 11 is 0. The third kappa shape index (κ3) is 1.20. The second-order valence-electron chi connectivity index (χ2n) is 5.31. The Hall–Kier alpha value is -1.51. The normalized spacial score (nSPS) is 34.0. The number of carbonyl (C=O) groups is 1. The van der Waals surface area contributed by atoms with Crippen LogP contribution in [0.3, 0.4) is 0 Å². The molecule has 17 heavy (non-hydrogen) atoms. The molecule has 0 aromatic heterocycles. The number of rotatable bonds is 0. The van der Waals surface area contributed by atoms with E-state index in [-0.39, 0.29) is 12.2 Å². The number of ether oxygens (including phenoxy) is 1. The smallest absolute Gasteiger partial charge is 0.415 e. The molecule has 3 nitrogen and oxygen atoms in total. The van der Waals surface area contributed by atoms with Crippen molar-refractivity contribution >= 4 is 11.8 Å². The number of amides is 1. The summed E-state index contributed by atoms with van der Waals surface area (Å²) in [6.45, 7) is 0. The van der Waals surface area contributed by atoms with Crippen LogP contribution in [0, 0.1) is 5.92 Å². The summed E-state index contributed by atoms with van der Waals surface area (Å²) in [6, 6.07) is 8.54. The van der Waals surface area contributed by atoms with Gasteiger partial charge in [0.05, 0.1) is 11.7 Å². The van der Waals surface area contributed by atoms with Gasteiger partial charge in [0.25, 0.3) is 0 Å². The fraction of sp³-hybridized carbons (Fsp3) is 0.500. The van der Waals surface area contributed by atoms with E-state index in [2.05, 4.69) is 12.1 Å². The van der Waals surface area contributed by atoms with Crippen molar-refractivity contribution in [3.8, 4) is 0 Å². The van der Waals surface area contributed by atoms with Crippen molar-refractivity contribution in [2.45, 2.75) is 37.8 Å². The molecule has 1 saturated heterocycles. The number of anilines is 1. The Morgan fingerprint density at radius 3 is 3.06 bits per heavy atom. The van der Waals surface area contributed by atoms with Crippen molar-refractivity contribution in [2.24, 2.45) is 5.92 Å². The molecule has 1 aromatic rings. The first-order chi connectivity index (χ1) is 8.34. The first kappa shape index (κ1) is 9.51. The Morgan fingerprint density at radius 2 is 2.12 bits per heavy atom. The van der Waals surface area contributed by atoms with Crippen LogP contribution in [0.15, 0.2) is 24.3 Å². The third-order valence-corrected chi connectivity index (χ3v) is 4.41. The third-order valence-electron chi connectivity index (χ3n) is 4.41. The summed E-state index contributed by atoms with van der Waals surface area (Å²) in [6.07, 6.45) is 4.54. The van der Waals surface area contributed by atoms with E-state index >= 15 is 0 Å². The number of hydrogen-bond acceptors (Lipinski definition) is 2. The summed E-state index contributed by atoms with van der Waals surface area (Å²) in [5.41, 5.74) is 2.37. The molecule has 4 rings (SSSR count). The van der Waals surface area contributed by atoms with E-state index in [1.54, 1.807) is 0 Å². The van der Waals surface area contributed by atoms with Crippen LogP contribution in [0.5, 0.6) is 0 Å². The molecule has 88 valence electrons. The minimum atomic E-state index is -0.140. The molecule has 3 atom stereocenters. The summed E-state index contributed by atoms with van der Waals surface area (Å²) in [5, 5.41) is 0. The van der Waals surface area contributed by atoms with Crippen LogP contribution in [-0.4, -0.2) is 18.2 Å². The standard InChI is InChI=1S/C14H15NO2/c16-14-15-11-6-2-1-4-9(11)8-10-5-3-7-12(17-14)13(10)15/h1-2,4,6,10,12-13H,3,5,7-8H2/t10-,12-,13+/m1/s1. The van der Waals surface area contributed by atoms with Gasteiger partial charge in [-0.15, -0.1) is 0 Å². The number of fused-ring (bicyclic) bond motifs is 2. The number of benzene rings is 1. The molecule has 1 amide bonds. The second-order valence-corrected chi connectivity index (χ2v) is 5.31. The molecule has 1 aliphatic carbocycles. The van der Waals surface area contributed by atoms with Gasteiger partial charge in [-0.2, -0.15) is 0 Å². The highest BCUT2D eigenvalue weighted by Gasteiger charge is 2.51. The van der Waals surface area contributed by atoms with Crippen LogP contribution in [0.4, 0.5) is 10.5 Å². The van der Waals surface area contributed by atoms with Gasteiger partial charge in [-0.1, -0.05) is 18.2 Å². The lowest BCUT2D eigenvalue weighted by Crippen LogP contribution is -2.48. The molecule has 0 bridgehead atoms. The highest BCUT2D eigenvalue weighted by Crippen LogP contribution is 2.45. The molecular weight excluding hydrogens is 214 g/mol. The average molecular weight is 229 g/mol. The van der Waals surface area contributed by atoms with Gasteiger partial charge in [0.15, 0.2) is 0 Å². The van der Waals surface area contributed by atoms with Crippen molar-refractivity contribution in [1.82, 2.24) is 0 Å². The zero-order valence-corrected chi connectivity index (χ0v) is 9.63.